The Morgan fingerprint density at radius 2 is 1.88 bits per heavy atom. The topological polar surface area (TPSA) is 145 Å². The molecule has 10 nitrogen and oxygen atoms in total. The number of benzene rings is 1. The van der Waals surface area contributed by atoms with Crippen LogP contribution < -0.4 is 4.72 Å². The summed E-state index contributed by atoms with van der Waals surface area (Å²) in [7, 11) is -4.01. The zero-order valence-corrected chi connectivity index (χ0v) is 23.5. The van der Waals surface area contributed by atoms with E-state index in [1.807, 2.05) is 0 Å². The lowest BCUT2D eigenvalue weighted by atomic mass is 9.89. The summed E-state index contributed by atoms with van der Waals surface area (Å²) in [5.74, 6) is -2.66. The number of thiazole rings is 1. The van der Waals surface area contributed by atoms with Gasteiger partial charge in [-0.05, 0) is 26.3 Å². The summed E-state index contributed by atoms with van der Waals surface area (Å²) in [6.07, 6.45) is -9.39. The molecule has 0 radical (unpaired) electrons. The minimum atomic E-state index is -5.22. The summed E-state index contributed by atoms with van der Waals surface area (Å²) >= 11 is 0.642. The number of ether oxygens (including phenoxy) is 1. The number of nitrogens with zero attached hydrogens (tertiary/aromatic N) is 3. The molecule has 3 aromatic rings. The number of hydrogen-bond donors (Lipinski definition) is 2. The third-order valence-electron chi connectivity index (χ3n) is 5.84. The lowest BCUT2D eigenvalue weighted by Crippen LogP contribution is -2.45. The average Bonchev–Trinajstić information content (AvgIpc) is 3.52. The van der Waals surface area contributed by atoms with Gasteiger partial charge in [-0.25, -0.2) is 26.6 Å². The Labute approximate surface area is 233 Å². The Balaban J connectivity index is 2.06. The predicted molar refractivity (Wildman–Crippen MR) is 132 cm³/mol. The third kappa shape index (κ3) is 6.87. The number of aliphatic hydroxyl groups is 1. The van der Waals surface area contributed by atoms with Crippen LogP contribution in [0.5, 0.6) is 0 Å². The summed E-state index contributed by atoms with van der Waals surface area (Å²) in [5.41, 5.74) is -3.24. The van der Waals surface area contributed by atoms with Gasteiger partial charge in [0.25, 0.3) is 6.43 Å². The van der Waals surface area contributed by atoms with Gasteiger partial charge < -0.3 is 14.4 Å². The molecule has 0 aliphatic carbocycles. The van der Waals surface area contributed by atoms with Crippen molar-refractivity contribution in [1.82, 2.24) is 19.8 Å². The molecule has 2 aromatic heterocycles. The summed E-state index contributed by atoms with van der Waals surface area (Å²) in [6.45, 7) is 3.36. The summed E-state index contributed by atoms with van der Waals surface area (Å²) < 4.78 is 119. The number of hydrogen-bond acceptors (Lipinski definition) is 10. The highest BCUT2D eigenvalue weighted by Gasteiger charge is 2.42. The number of sulfonamides is 1. The number of aliphatic hydroxyl groups excluding tert-OH is 1. The van der Waals surface area contributed by atoms with Crippen molar-refractivity contribution < 1.29 is 53.9 Å². The van der Waals surface area contributed by atoms with Crippen molar-refractivity contribution in [2.75, 3.05) is 7.11 Å². The summed E-state index contributed by atoms with van der Waals surface area (Å²) in [4.78, 5) is 18.5. The Morgan fingerprint density at radius 3 is 2.41 bits per heavy atom. The molecule has 0 amide bonds. The maximum absolute atomic E-state index is 15.3. The number of esters is 1. The molecule has 0 aliphatic rings. The van der Waals surface area contributed by atoms with Crippen LogP contribution in [0.1, 0.15) is 50.8 Å². The van der Waals surface area contributed by atoms with Gasteiger partial charge in [0.1, 0.15) is 10.9 Å². The van der Waals surface area contributed by atoms with E-state index < -0.39 is 74.9 Å². The van der Waals surface area contributed by atoms with Crippen molar-refractivity contribution in [3.63, 3.8) is 0 Å². The van der Waals surface area contributed by atoms with E-state index in [1.165, 1.54) is 11.8 Å². The molecule has 1 unspecified atom stereocenters. The molecule has 0 spiro atoms. The van der Waals surface area contributed by atoms with Crippen molar-refractivity contribution in [3.05, 3.63) is 35.1 Å². The second-order valence-corrected chi connectivity index (χ2v) is 12.0. The van der Waals surface area contributed by atoms with Gasteiger partial charge in [-0.2, -0.15) is 22.9 Å². The molecular weight excluding hydrogens is 606 g/mol. The third-order valence-corrected chi connectivity index (χ3v) is 8.45. The van der Waals surface area contributed by atoms with Crippen LogP contribution in [0.4, 0.5) is 26.3 Å². The molecule has 0 bridgehead atoms. The maximum Gasteiger partial charge on any atom is 0.404 e. The van der Waals surface area contributed by atoms with E-state index in [0.29, 0.717) is 17.4 Å². The Hall–Kier alpha value is -3.09. The lowest BCUT2D eigenvalue weighted by molar-refractivity contribution is -0.152. The molecule has 3 rings (SSSR count). The molecule has 0 saturated carbocycles. The molecular formula is C23H24F6N4O6S2. The highest BCUT2D eigenvalue weighted by molar-refractivity contribution is 7.89. The molecule has 1 atom stereocenters. The largest absolute Gasteiger partial charge is 0.469 e. The first-order chi connectivity index (χ1) is 19.0. The van der Waals surface area contributed by atoms with E-state index in [0.717, 1.165) is 13.0 Å². The maximum atomic E-state index is 15.3. The zero-order chi connectivity index (χ0) is 30.9. The molecule has 0 aliphatic heterocycles. The molecule has 2 heterocycles. The van der Waals surface area contributed by atoms with E-state index in [4.69, 9.17) is 9.26 Å². The first-order valence-electron chi connectivity index (χ1n) is 11.7. The van der Waals surface area contributed by atoms with Crippen LogP contribution in [0.15, 0.2) is 21.6 Å². The van der Waals surface area contributed by atoms with E-state index in [1.54, 1.807) is 13.8 Å². The van der Waals surface area contributed by atoms with E-state index in [2.05, 4.69) is 15.1 Å². The van der Waals surface area contributed by atoms with Crippen molar-refractivity contribution in [1.29, 1.82) is 0 Å². The average molecular weight is 631 g/mol. The lowest BCUT2D eigenvalue weighted by Gasteiger charge is -2.21. The van der Waals surface area contributed by atoms with Gasteiger partial charge in [0.15, 0.2) is 10.8 Å². The number of halogens is 6. The van der Waals surface area contributed by atoms with Crippen LogP contribution in [0.3, 0.4) is 0 Å². The standard InChI is InChI=1S/C23H24F6N4O6S2/c1-5-13(23(27,28)29)33-41(36,37)12-7-6-10(15(16(12)24)18(25)26)17-11(9-34)30-20(40-17)19-31-14(39-32-19)8-22(2,3)21(35)38-4/h6-7,13,18,33-34H,5,8-9H2,1-4H3. The Bertz CT molecular complexity index is 1520. The second kappa shape index (κ2) is 12.0. The van der Waals surface area contributed by atoms with Crippen LogP contribution in [0.25, 0.3) is 21.3 Å². The van der Waals surface area contributed by atoms with Gasteiger partial charge in [0, 0.05) is 12.0 Å². The van der Waals surface area contributed by atoms with Crippen molar-refractivity contribution >= 4 is 27.3 Å². The van der Waals surface area contributed by atoms with Gasteiger partial charge >= 0.3 is 12.1 Å². The zero-order valence-electron chi connectivity index (χ0n) is 21.8. The van der Waals surface area contributed by atoms with E-state index >= 15 is 4.39 Å². The fraction of sp³-hybridized carbons (Fsp3) is 0.478. The summed E-state index contributed by atoms with van der Waals surface area (Å²) in [5, 5.41) is 13.5. The molecule has 18 heteroatoms. The molecule has 41 heavy (non-hydrogen) atoms. The van der Waals surface area contributed by atoms with Crippen molar-refractivity contribution in [3.8, 4) is 21.3 Å². The number of methoxy groups -OCH3 is 1. The van der Waals surface area contributed by atoms with Crippen molar-refractivity contribution in [2.45, 2.75) is 63.8 Å². The van der Waals surface area contributed by atoms with Gasteiger partial charge in [0.2, 0.25) is 21.7 Å². The fourth-order valence-electron chi connectivity index (χ4n) is 3.73. The SMILES string of the molecule is CCC(NS(=O)(=O)c1ccc(-c2sc(-c3noc(CC(C)(C)C(=O)OC)n3)nc2CO)c(C(F)F)c1F)C(F)(F)F. The number of nitrogens with one attached hydrogen (secondary N) is 1. The first-order valence-corrected chi connectivity index (χ1v) is 14.0. The minimum absolute atomic E-state index is 0.00307. The second-order valence-electron chi connectivity index (χ2n) is 9.28. The molecule has 0 fully saturated rings. The number of carbonyl (C=O) groups excluding carboxylic acids is 1. The Morgan fingerprint density at radius 1 is 1.22 bits per heavy atom. The molecule has 226 valence electrons. The number of aromatic nitrogens is 3. The molecule has 0 saturated heterocycles. The smallest absolute Gasteiger partial charge is 0.404 e. The number of rotatable bonds is 11. The predicted octanol–water partition coefficient (Wildman–Crippen LogP) is 4.79. The molecule has 2 N–H and O–H groups in total. The van der Waals surface area contributed by atoms with Crippen LogP contribution >= 0.6 is 11.3 Å². The minimum Gasteiger partial charge on any atom is -0.469 e. The highest BCUT2D eigenvalue weighted by Crippen LogP contribution is 2.42. The monoisotopic (exact) mass is 630 g/mol. The van der Waals surface area contributed by atoms with Crippen LogP contribution in [0.2, 0.25) is 0 Å². The van der Waals surface area contributed by atoms with E-state index in [-0.39, 0.29) is 33.7 Å². The van der Waals surface area contributed by atoms with Gasteiger partial charge in [-0.1, -0.05) is 18.1 Å². The molecule has 1 aromatic carbocycles. The van der Waals surface area contributed by atoms with Crippen molar-refractivity contribution in [2.24, 2.45) is 5.41 Å². The quantitative estimate of drug-likeness (QED) is 0.226. The van der Waals surface area contributed by atoms with Crippen LogP contribution in [0, 0.1) is 11.2 Å². The highest BCUT2D eigenvalue weighted by atomic mass is 32.2. The summed E-state index contributed by atoms with van der Waals surface area (Å²) in [6, 6.07) is -1.25. The van der Waals surface area contributed by atoms with Crippen LogP contribution in [-0.2, 0) is 32.6 Å². The normalized spacial score (nSPS) is 13.6. The van der Waals surface area contributed by atoms with E-state index in [9.17, 15) is 40.3 Å². The Kier molecular flexibility index (Phi) is 9.51. The van der Waals surface area contributed by atoms with Gasteiger partial charge in [-0.3, -0.25) is 4.79 Å². The van der Waals surface area contributed by atoms with Gasteiger partial charge in [0.05, 0.1) is 35.3 Å². The first kappa shape index (κ1) is 32.4. The van der Waals surface area contributed by atoms with Crippen LogP contribution in [-0.4, -0.2) is 53.9 Å². The fourth-order valence-corrected chi connectivity index (χ4v) is 6.16. The number of carbonyl (C=O) groups is 1. The van der Waals surface area contributed by atoms with Gasteiger partial charge in [-0.15, -0.1) is 11.3 Å². The number of alkyl halides is 5.